The lowest BCUT2D eigenvalue weighted by molar-refractivity contribution is -0.195. The van der Waals surface area contributed by atoms with Crippen molar-refractivity contribution in [3.8, 4) is 0 Å². The Balaban J connectivity index is 2.94. The molecule has 1 aliphatic heterocycles. The molecule has 0 spiro atoms. The highest BCUT2D eigenvalue weighted by Crippen LogP contribution is 2.19. The molecule has 0 aromatic carbocycles. The number of nitrogens with zero attached hydrogens (tertiary/aromatic N) is 1. The Bertz CT molecular complexity index is 425. The van der Waals surface area contributed by atoms with Crippen LogP contribution in [0.2, 0.25) is 0 Å². The highest BCUT2D eigenvalue weighted by molar-refractivity contribution is 7.92. The Morgan fingerprint density at radius 3 is 2.33 bits per heavy atom. The molecule has 0 radical (unpaired) electrons. The second kappa shape index (κ2) is 3.61. The molecule has 0 bridgehead atoms. The van der Waals surface area contributed by atoms with Crippen LogP contribution in [0.3, 0.4) is 0 Å². The van der Waals surface area contributed by atoms with E-state index in [9.17, 15) is 22.8 Å². The molecule has 7 nitrogen and oxygen atoms in total. The van der Waals surface area contributed by atoms with Gasteiger partial charge in [0.25, 0.3) is 11.8 Å². The van der Waals surface area contributed by atoms with E-state index in [1.54, 1.807) is 0 Å². The average Bonchev–Trinajstić information content (AvgIpc) is 2.30. The number of carbonyl (C=O) groups excluding carboxylic acids is 3. The van der Waals surface area contributed by atoms with Gasteiger partial charge in [-0.25, -0.2) is 13.2 Å². The summed E-state index contributed by atoms with van der Waals surface area (Å²) in [6.07, 6.45) is 0.366. The maximum Gasteiger partial charge on any atom is 0.330 e. The van der Waals surface area contributed by atoms with Crippen LogP contribution in [0.1, 0.15) is 13.3 Å². The molecular formula is C7H9NO6S. The van der Waals surface area contributed by atoms with Gasteiger partial charge in [-0.2, -0.15) is 0 Å². The average molecular weight is 235 g/mol. The third-order valence-corrected chi connectivity index (χ3v) is 3.20. The van der Waals surface area contributed by atoms with Gasteiger partial charge in [-0.15, -0.1) is 5.06 Å². The SMILES string of the molecule is CC(=O)ON1C(=O)C[C@H](S(C)(=O)=O)C1=O. The maximum atomic E-state index is 11.3. The lowest BCUT2D eigenvalue weighted by atomic mass is 10.4. The van der Waals surface area contributed by atoms with Crippen LogP contribution >= 0.6 is 0 Å². The summed E-state index contributed by atoms with van der Waals surface area (Å²) < 4.78 is 22.2. The molecule has 0 aromatic heterocycles. The first kappa shape index (κ1) is 11.6. The largest absolute Gasteiger partial charge is 0.331 e. The Morgan fingerprint density at radius 1 is 1.47 bits per heavy atom. The van der Waals surface area contributed by atoms with E-state index in [2.05, 4.69) is 4.84 Å². The van der Waals surface area contributed by atoms with Gasteiger partial charge in [0.2, 0.25) is 0 Å². The molecule has 0 aliphatic carbocycles. The van der Waals surface area contributed by atoms with E-state index in [0.29, 0.717) is 0 Å². The Kier molecular flexibility index (Phi) is 2.80. The van der Waals surface area contributed by atoms with Crippen molar-refractivity contribution in [3.05, 3.63) is 0 Å². The van der Waals surface area contributed by atoms with Gasteiger partial charge in [0.05, 0.1) is 6.42 Å². The van der Waals surface area contributed by atoms with Crippen molar-refractivity contribution < 1.29 is 27.6 Å². The van der Waals surface area contributed by atoms with Gasteiger partial charge in [0, 0.05) is 13.2 Å². The molecule has 1 rings (SSSR count). The molecule has 84 valence electrons. The molecule has 8 heteroatoms. The molecular weight excluding hydrogens is 226 g/mol. The minimum absolute atomic E-state index is 0.202. The van der Waals surface area contributed by atoms with Gasteiger partial charge in [0.15, 0.2) is 15.1 Å². The van der Waals surface area contributed by atoms with Crippen LogP contribution in [0.15, 0.2) is 0 Å². The van der Waals surface area contributed by atoms with Crippen LogP contribution in [-0.2, 0) is 29.1 Å². The lowest BCUT2D eigenvalue weighted by Crippen LogP contribution is -2.35. The Morgan fingerprint density at radius 2 is 2.00 bits per heavy atom. The first-order valence-corrected chi connectivity index (χ1v) is 5.93. The van der Waals surface area contributed by atoms with E-state index in [-0.39, 0.29) is 5.06 Å². The first-order chi connectivity index (χ1) is 6.73. The number of hydroxylamine groups is 2. The van der Waals surface area contributed by atoms with Crippen LogP contribution in [0, 0.1) is 0 Å². The van der Waals surface area contributed by atoms with Crippen molar-refractivity contribution >= 4 is 27.6 Å². The highest BCUT2D eigenvalue weighted by atomic mass is 32.2. The molecule has 1 atom stereocenters. The summed E-state index contributed by atoms with van der Waals surface area (Å²) in [6, 6.07) is 0. The summed E-state index contributed by atoms with van der Waals surface area (Å²) in [5.41, 5.74) is 0. The van der Waals surface area contributed by atoms with Gasteiger partial charge >= 0.3 is 5.97 Å². The van der Waals surface area contributed by atoms with E-state index in [1.807, 2.05) is 0 Å². The van der Waals surface area contributed by atoms with Gasteiger partial charge in [-0.3, -0.25) is 9.59 Å². The van der Waals surface area contributed by atoms with Crippen LogP contribution < -0.4 is 0 Å². The third-order valence-electron chi connectivity index (χ3n) is 1.80. The molecule has 0 unspecified atom stereocenters. The van der Waals surface area contributed by atoms with Crippen LogP contribution in [-0.4, -0.2) is 42.8 Å². The summed E-state index contributed by atoms with van der Waals surface area (Å²) in [5, 5.41) is -1.24. The zero-order valence-corrected chi connectivity index (χ0v) is 8.91. The topological polar surface area (TPSA) is 97.8 Å². The van der Waals surface area contributed by atoms with Crippen LogP contribution in [0.4, 0.5) is 0 Å². The van der Waals surface area contributed by atoms with Gasteiger partial charge in [-0.1, -0.05) is 0 Å². The van der Waals surface area contributed by atoms with Gasteiger partial charge < -0.3 is 4.84 Å². The van der Waals surface area contributed by atoms with Crippen LogP contribution in [0.5, 0.6) is 0 Å². The Hall–Kier alpha value is -1.44. The monoisotopic (exact) mass is 235 g/mol. The molecule has 1 saturated heterocycles. The second-order valence-electron chi connectivity index (χ2n) is 3.13. The van der Waals surface area contributed by atoms with E-state index in [0.717, 1.165) is 13.2 Å². The predicted octanol–water partition coefficient (Wildman–Crippen LogP) is -1.36. The van der Waals surface area contributed by atoms with Gasteiger partial charge in [-0.05, 0) is 0 Å². The standard InChI is InChI=1S/C7H9NO6S/c1-4(9)14-8-6(10)3-5(7(8)11)15(2,12)13/h5H,3H2,1-2H3/t5-/m0/s1. The maximum absolute atomic E-state index is 11.3. The quantitative estimate of drug-likeness (QED) is 0.548. The number of imide groups is 1. The Labute approximate surface area is 85.9 Å². The first-order valence-electron chi connectivity index (χ1n) is 3.97. The van der Waals surface area contributed by atoms with Crippen molar-refractivity contribution in [1.29, 1.82) is 0 Å². The normalized spacial score (nSPS) is 22.0. The number of hydrogen-bond donors (Lipinski definition) is 0. The summed E-state index contributed by atoms with van der Waals surface area (Å²) in [4.78, 5) is 37.3. The van der Waals surface area contributed by atoms with E-state index in [4.69, 9.17) is 0 Å². The number of carbonyl (C=O) groups is 3. The predicted molar refractivity (Wildman–Crippen MR) is 46.9 cm³/mol. The van der Waals surface area contributed by atoms with E-state index >= 15 is 0 Å². The molecule has 0 aromatic rings. The second-order valence-corrected chi connectivity index (χ2v) is 5.36. The number of amides is 2. The summed E-state index contributed by atoms with van der Waals surface area (Å²) in [7, 11) is -3.66. The van der Waals surface area contributed by atoms with E-state index in [1.165, 1.54) is 0 Å². The fraction of sp³-hybridized carbons (Fsp3) is 0.571. The molecule has 0 N–H and O–H groups in total. The third kappa shape index (κ3) is 2.32. The van der Waals surface area contributed by atoms with Crippen molar-refractivity contribution in [2.75, 3.05) is 6.26 Å². The van der Waals surface area contributed by atoms with Crippen molar-refractivity contribution in [2.24, 2.45) is 0 Å². The molecule has 1 fully saturated rings. The molecule has 1 aliphatic rings. The van der Waals surface area contributed by atoms with Gasteiger partial charge in [0.1, 0.15) is 0 Å². The molecule has 0 saturated carbocycles. The molecule has 1 heterocycles. The zero-order chi connectivity index (χ0) is 11.8. The minimum Gasteiger partial charge on any atom is -0.331 e. The van der Waals surface area contributed by atoms with Crippen molar-refractivity contribution in [3.63, 3.8) is 0 Å². The van der Waals surface area contributed by atoms with E-state index < -0.39 is 39.3 Å². The van der Waals surface area contributed by atoms with Crippen LogP contribution in [0.25, 0.3) is 0 Å². The highest BCUT2D eigenvalue weighted by Gasteiger charge is 2.46. The minimum atomic E-state index is -3.66. The number of sulfone groups is 1. The number of hydrogen-bond acceptors (Lipinski definition) is 6. The number of rotatable bonds is 2. The smallest absolute Gasteiger partial charge is 0.330 e. The summed E-state index contributed by atoms with van der Waals surface area (Å²) in [6.45, 7) is 1.01. The van der Waals surface area contributed by atoms with Crippen molar-refractivity contribution in [1.82, 2.24) is 5.06 Å². The summed E-state index contributed by atoms with van der Waals surface area (Å²) >= 11 is 0. The molecule has 2 amide bonds. The zero-order valence-electron chi connectivity index (χ0n) is 8.09. The lowest BCUT2D eigenvalue weighted by Gasteiger charge is -2.11. The summed E-state index contributed by atoms with van der Waals surface area (Å²) in [5.74, 6) is -2.70. The van der Waals surface area contributed by atoms with Crippen molar-refractivity contribution in [2.45, 2.75) is 18.6 Å². The fourth-order valence-corrected chi connectivity index (χ4v) is 2.05. The molecule has 15 heavy (non-hydrogen) atoms. The fourth-order valence-electron chi connectivity index (χ4n) is 1.14.